The normalized spacial score (nSPS) is 10.2. The van der Waals surface area contributed by atoms with Gasteiger partial charge in [0.25, 0.3) is 11.8 Å². The number of hydrogen-bond donors (Lipinski definition) is 1. The Balaban J connectivity index is 1.79. The van der Waals surface area contributed by atoms with Gasteiger partial charge in [0, 0.05) is 22.0 Å². The molecule has 130 valence electrons. The van der Waals surface area contributed by atoms with Crippen molar-refractivity contribution in [2.75, 3.05) is 11.4 Å². The molecule has 0 aliphatic heterocycles. The van der Waals surface area contributed by atoms with Gasteiger partial charge in [0.05, 0.1) is 6.54 Å². The maximum absolute atomic E-state index is 12.8. The van der Waals surface area contributed by atoms with E-state index < -0.39 is 0 Å². The third-order valence-electron chi connectivity index (χ3n) is 3.78. The number of carbonyl (C=O) groups is 2. The van der Waals surface area contributed by atoms with E-state index in [1.807, 2.05) is 36.4 Å². The molecular weight excluding hydrogens is 348 g/mol. The molecule has 1 N–H and O–H groups in total. The average Bonchev–Trinajstić information content (AvgIpc) is 2.69. The molecule has 0 radical (unpaired) electrons. The monoisotopic (exact) mass is 364 g/mol. The number of para-hydroxylation sites is 1. The number of carbonyl (C=O) groups excluding carboxylic acids is 2. The third kappa shape index (κ3) is 4.29. The van der Waals surface area contributed by atoms with Crippen LogP contribution < -0.4 is 10.2 Å². The van der Waals surface area contributed by atoms with Crippen LogP contribution in [0.5, 0.6) is 0 Å². The number of benzene rings is 3. The second-order valence-corrected chi connectivity index (χ2v) is 6.03. The number of hydrogen-bond acceptors (Lipinski definition) is 2. The summed E-state index contributed by atoms with van der Waals surface area (Å²) < 4.78 is 0. The Morgan fingerprint density at radius 1 is 0.769 bits per heavy atom. The van der Waals surface area contributed by atoms with Crippen LogP contribution in [0.4, 0.5) is 11.4 Å². The van der Waals surface area contributed by atoms with E-state index in [0.717, 1.165) is 0 Å². The summed E-state index contributed by atoms with van der Waals surface area (Å²) in [6, 6.07) is 25.1. The smallest absolute Gasteiger partial charge is 0.251 e. The zero-order chi connectivity index (χ0) is 18.4. The molecule has 26 heavy (non-hydrogen) atoms. The fourth-order valence-electron chi connectivity index (χ4n) is 2.53. The number of nitrogens with zero attached hydrogens (tertiary/aromatic N) is 1. The minimum absolute atomic E-state index is 0.120. The molecular formula is C21H17ClN2O2. The van der Waals surface area contributed by atoms with Gasteiger partial charge in [0.2, 0.25) is 0 Å². The second-order valence-electron chi connectivity index (χ2n) is 5.59. The standard InChI is InChI=1S/C21H17ClN2O2/c22-17-11-13-19(14-12-17)24(18-9-5-2-6-10-18)20(25)15-23-21(26)16-7-3-1-4-8-16/h1-14H,15H2,(H,23,26). The number of halogens is 1. The molecule has 0 spiro atoms. The molecule has 0 aliphatic rings. The minimum Gasteiger partial charge on any atom is -0.343 e. The maximum atomic E-state index is 12.8. The predicted octanol–water partition coefficient (Wildman–Crippen LogP) is 4.43. The van der Waals surface area contributed by atoms with Crippen LogP contribution in [0.15, 0.2) is 84.9 Å². The maximum Gasteiger partial charge on any atom is 0.251 e. The van der Waals surface area contributed by atoms with Crippen LogP contribution in [-0.4, -0.2) is 18.4 Å². The first-order valence-electron chi connectivity index (χ1n) is 8.12. The van der Waals surface area contributed by atoms with E-state index >= 15 is 0 Å². The Morgan fingerprint density at radius 2 is 1.31 bits per heavy atom. The first-order chi connectivity index (χ1) is 12.6. The van der Waals surface area contributed by atoms with Crippen LogP contribution in [-0.2, 0) is 4.79 Å². The first-order valence-corrected chi connectivity index (χ1v) is 8.50. The van der Waals surface area contributed by atoms with Crippen molar-refractivity contribution in [3.63, 3.8) is 0 Å². The van der Waals surface area contributed by atoms with Gasteiger partial charge in [-0.15, -0.1) is 0 Å². The van der Waals surface area contributed by atoms with Crippen LogP contribution >= 0.6 is 11.6 Å². The summed E-state index contributed by atoms with van der Waals surface area (Å²) in [7, 11) is 0. The molecule has 3 aromatic rings. The number of anilines is 2. The van der Waals surface area contributed by atoms with E-state index in [1.54, 1.807) is 53.4 Å². The fourth-order valence-corrected chi connectivity index (χ4v) is 2.66. The zero-order valence-electron chi connectivity index (χ0n) is 13.9. The molecule has 4 nitrogen and oxygen atoms in total. The van der Waals surface area contributed by atoms with Gasteiger partial charge in [-0.3, -0.25) is 14.5 Å². The fraction of sp³-hybridized carbons (Fsp3) is 0.0476. The molecule has 3 aromatic carbocycles. The summed E-state index contributed by atoms with van der Waals surface area (Å²) >= 11 is 5.95. The highest BCUT2D eigenvalue weighted by Gasteiger charge is 2.18. The van der Waals surface area contributed by atoms with E-state index in [1.165, 1.54) is 0 Å². The van der Waals surface area contributed by atoms with Crippen molar-refractivity contribution in [1.29, 1.82) is 0 Å². The molecule has 0 aromatic heterocycles. The Labute approximate surface area is 157 Å². The highest BCUT2D eigenvalue weighted by molar-refractivity contribution is 6.30. The van der Waals surface area contributed by atoms with Crippen molar-refractivity contribution in [2.24, 2.45) is 0 Å². The zero-order valence-corrected chi connectivity index (χ0v) is 14.7. The summed E-state index contributed by atoms with van der Waals surface area (Å²) in [5, 5.41) is 3.26. The minimum atomic E-state index is -0.289. The van der Waals surface area contributed by atoms with Crippen molar-refractivity contribution in [2.45, 2.75) is 0 Å². The Kier molecular flexibility index (Phi) is 5.66. The van der Waals surface area contributed by atoms with E-state index in [9.17, 15) is 9.59 Å². The summed E-state index contributed by atoms with van der Waals surface area (Å²) in [5.41, 5.74) is 1.91. The second kappa shape index (κ2) is 8.32. The number of nitrogens with one attached hydrogen (secondary N) is 1. The van der Waals surface area contributed by atoms with Crippen LogP contribution in [0.25, 0.3) is 0 Å². The SMILES string of the molecule is O=C(NCC(=O)N(c1ccccc1)c1ccc(Cl)cc1)c1ccccc1. The number of amides is 2. The Hall–Kier alpha value is -3.11. The molecule has 3 rings (SSSR count). The van der Waals surface area contributed by atoms with E-state index in [4.69, 9.17) is 11.6 Å². The third-order valence-corrected chi connectivity index (χ3v) is 4.04. The van der Waals surface area contributed by atoms with Gasteiger partial charge in [-0.1, -0.05) is 48.0 Å². The molecule has 0 aliphatic carbocycles. The Morgan fingerprint density at radius 3 is 1.92 bits per heavy atom. The quantitative estimate of drug-likeness (QED) is 0.727. The lowest BCUT2D eigenvalue weighted by molar-refractivity contribution is -0.117. The predicted molar refractivity (Wildman–Crippen MR) is 104 cm³/mol. The van der Waals surface area contributed by atoms with Gasteiger partial charge in [0.15, 0.2) is 0 Å². The van der Waals surface area contributed by atoms with Gasteiger partial charge in [-0.05, 0) is 48.5 Å². The van der Waals surface area contributed by atoms with Crippen molar-refractivity contribution < 1.29 is 9.59 Å². The van der Waals surface area contributed by atoms with E-state index in [2.05, 4.69) is 5.32 Å². The topological polar surface area (TPSA) is 49.4 Å². The average molecular weight is 365 g/mol. The molecule has 0 unspecified atom stereocenters. The molecule has 0 saturated carbocycles. The summed E-state index contributed by atoms with van der Waals surface area (Å²) in [4.78, 5) is 26.6. The highest BCUT2D eigenvalue weighted by atomic mass is 35.5. The van der Waals surface area contributed by atoms with Crippen molar-refractivity contribution in [3.8, 4) is 0 Å². The van der Waals surface area contributed by atoms with Crippen molar-refractivity contribution in [3.05, 3.63) is 95.5 Å². The van der Waals surface area contributed by atoms with Crippen LogP contribution in [0.1, 0.15) is 10.4 Å². The highest BCUT2D eigenvalue weighted by Crippen LogP contribution is 2.26. The molecule has 0 bridgehead atoms. The van der Waals surface area contributed by atoms with Gasteiger partial charge in [0.1, 0.15) is 0 Å². The molecule has 0 fully saturated rings. The van der Waals surface area contributed by atoms with E-state index in [-0.39, 0.29) is 18.4 Å². The lowest BCUT2D eigenvalue weighted by atomic mass is 10.2. The Bertz CT molecular complexity index is 881. The van der Waals surface area contributed by atoms with Crippen molar-refractivity contribution in [1.82, 2.24) is 5.32 Å². The largest absolute Gasteiger partial charge is 0.343 e. The van der Waals surface area contributed by atoms with E-state index in [0.29, 0.717) is 22.0 Å². The number of rotatable bonds is 5. The van der Waals surface area contributed by atoms with Gasteiger partial charge < -0.3 is 5.32 Å². The van der Waals surface area contributed by atoms with Gasteiger partial charge in [-0.2, -0.15) is 0 Å². The molecule has 2 amide bonds. The molecule has 0 saturated heterocycles. The van der Waals surface area contributed by atoms with Gasteiger partial charge in [-0.25, -0.2) is 0 Å². The van der Waals surface area contributed by atoms with Crippen LogP contribution in [0.2, 0.25) is 5.02 Å². The lowest BCUT2D eigenvalue weighted by Crippen LogP contribution is -2.37. The van der Waals surface area contributed by atoms with Crippen LogP contribution in [0, 0.1) is 0 Å². The van der Waals surface area contributed by atoms with Gasteiger partial charge >= 0.3 is 0 Å². The van der Waals surface area contributed by atoms with Crippen molar-refractivity contribution >= 4 is 34.8 Å². The molecule has 5 heteroatoms. The summed E-state index contributed by atoms with van der Waals surface area (Å²) in [5.74, 6) is -0.536. The lowest BCUT2D eigenvalue weighted by Gasteiger charge is -2.23. The summed E-state index contributed by atoms with van der Waals surface area (Å²) in [6.45, 7) is -0.120. The van der Waals surface area contributed by atoms with Crippen LogP contribution in [0.3, 0.4) is 0 Å². The molecule has 0 heterocycles. The first kappa shape index (κ1) is 17.7. The summed E-state index contributed by atoms with van der Waals surface area (Å²) in [6.07, 6.45) is 0. The molecule has 0 atom stereocenters.